The fraction of sp³-hybridized carbons (Fsp3) is 0.333. The maximum Gasteiger partial charge on any atom is 0.272 e. The molecule has 2 aliphatic heterocycles. The van der Waals surface area contributed by atoms with Crippen molar-refractivity contribution in [3.63, 3.8) is 0 Å². The zero-order chi connectivity index (χ0) is 30.6. The second kappa shape index (κ2) is 13.9. The number of hydrogen-bond acceptors (Lipinski definition) is 8. The van der Waals surface area contributed by atoms with E-state index >= 15 is 0 Å². The van der Waals surface area contributed by atoms with Crippen LogP contribution in [0.25, 0.3) is 0 Å². The van der Waals surface area contributed by atoms with Crippen LogP contribution in [-0.2, 0) is 32.0 Å². The summed E-state index contributed by atoms with van der Waals surface area (Å²) < 4.78 is 0.616. The van der Waals surface area contributed by atoms with Crippen molar-refractivity contribution in [2.75, 3.05) is 9.80 Å². The van der Waals surface area contributed by atoms with Gasteiger partial charge in [0, 0.05) is 12.1 Å². The molecule has 220 valence electrons. The van der Waals surface area contributed by atoms with Crippen LogP contribution >= 0.6 is 48.0 Å². The Balaban J connectivity index is 1.46. The lowest BCUT2D eigenvalue weighted by atomic mass is 10.1. The number of benzene rings is 2. The molecule has 0 saturated carbocycles. The van der Waals surface area contributed by atoms with Crippen molar-refractivity contribution >= 4 is 91.6 Å². The zero-order valence-corrected chi connectivity index (χ0v) is 27.0. The Morgan fingerprint density at radius 3 is 1.33 bits per heavy atom. The highest BCUT2D eigenvalue weighted by Gasteiger charge is 2.43. The number of carbonyl (C=O) groups is 4. The van der Waals surface area contributed by atoms with E-state index in [9.17, 15) is 19.2 Å². The molecule has 0 bridgehead atoms. The van der Waals surface area contributed by atoms with Crippen molar-refractivity contribution in [2.24, 2.45) is 0 Å². The first-order chi connectivity index (χ1) is 20.0. The molecule has 2 saturated heterocycles. The van der Waals surface area contributed by atoms with Crippen molar-refractivity contribution in [2.45, 2.75) is 65.5 Å². The monoisotopic (exact) mass is 640 g/mol. The van der Waals surface area contributed by atoms with Gasteiger partial charge in [-0.25, -0.2) is 0 Å². The molecule has 2 aliphatic rings. The number of carbonyl (C=O) groups excluding carboxylic acids is 4. The van der Waals surface area contributed by atoms with Gasteiger partial charge in [0.1, 0.15) is 0 Å². The molecule has 4 amide bonds. The number of amides is 4. The van der Waals surface area contributed by atoms with Gasteiger partial charge in [0.25, 0.3) is 11.8 Å². The van der Waals surface area contributed by atoms with E-state index < -0.39 is 11.8 Å². The van der Waals surface area contributed by atoms with Crippen molar-refractivity contribution < 1.29 is 19.2 Å². The van der Waals surface area contributed by atoms with Gasteiger partial charge < -0.3 is 10.6 Å². The van der Waals surface area contributed by atoms with Crippen LogP contribution in [0.15, 0.2) is 58.3 Å². The van der Waals surface area contributed by atoms with Gasteiger partial charge in [-0.2, -0.15) is 0 Å². The van der Waals surface area contributed by atoms with Crippen molar-refractivity contribution in [1.82, 2.24) is 10.6 Å². The van der Waals surface area contributed by atoms with Gasteiger partial charge in [0.05, 0.1) is 34.0 Å². The number of hydrogen-bond donors (Lipinski definition) is 2. The van der Waals surface area contributed by atoms with Crippen LogP contribution in [-0.4, -0.2) is 44.4 Å². The van der Waals surface area contributed by atoms with E-state index in [0.29, 0.717) is 20.0 Å². The average Bonchev–Trinajstić information content (AvgIpc) is 3.42. The van der Waals surface area contributed by atoms with Crippen LogP contribution in [0, 0.1) is 0 Å². The smallest absolute Gasteiger partial charge is 0.272 e. The van der Waals surface area contributed by atoms with E-state index in [1.54, 1.807) is 48.5 Å². The minimum Gasteiger partial charge on any atom is -0.353 e. The molecule has 0 radical (unpaired) electrons. The number of nitrogens with zero attached hydrogens (tertiary/aromatic N) is 2. The molecule has 12 heteroatoms. The quantitative estimate of drug-likeness (QED) is 0.269. The number of nitrogens with one attached hydrogen (secondary N) is 2. The first-order valence-electron chi connectivity index (χ1n) is 13.7. The van der Waals surface area contributed by atoms with Crippen LogP contribution in [0.5, 0.6) is 0 Å². The summed E-state index contributed by atoms with van der Waals surface area (Å²) in [5.74, 6) is -0.913. The minimum atomic E-state index is -0.393. The van der Waals surface area contributed by atoms with Crippen molar-refractivity contribution in [1.29, 1.82) is 0 Å². The lowest BCUT2D eigenvalue weighted by molar-refractivity contribution is -0.121. The highest BCUT2D eigenvalue weighted by molar-refractivity contribution is 8.30. The van der Waals surface area contributed by atoms with Gasteiger partial charge in [0.2, 0.25) is 11.8 Å². The third-order valence-corrected chi connectivity index (χ3v) is 9.78. The molecular weight excluding hydrogens is 609 g/mol. The summed E-state index contributed by atoms with van der Waals surface area (Å²) in [6.07, 6.45) is 2.17. The summed E-state index contributed by atoms with van der Waals surface area (Å²) in [4.78, 5) is 54.7. The van der Waals surface area contributed by atoms with Crippen LogP contribution in [0.2, 0.25) is 0 Å². The largest absolute Gasteiger partial charge is 0.353 e. The van der Waals surface area contributed by atoms with Gasteiger partial charge in [-0.15, -0.1) is 0 Å². The fourth-order valence-electron chi connectivity index (χ4n) is 4.21. The maximum absolute atomic E-state index is 13.5. The third kappa shape index (κ3) is 7.28. The lowest BCUT2D eigenvalue weighted by Crippen LogP contribution is -2.33. The molecule has 0 unspecified atom stereocenters. The summed E-state index contributed by atoms with van der Waals surface area (Å²) in [6.45, 7) is 7.93. The molecule has 2 heterocycles. The van der Waals surface area contributed by atoms with Gasteiger partial charge in [-0.05, 0) is 62.1 Å². The van der Waals surface area contributed by atoms with Crippen molar-refractivity contribution in [3.05, 3.63) is 69.5 Å². The second-order valence-electron chi connectivity index (χ2n) is 10.1. The molecule has 0 aromatic heterocycles. The molecule has 4 rings (SSSR count). The molecular formula is C30H32N4O4S4. The highest BCUT2D eigenvalue weighted by atomic mass is 32.2. The van der Waals surface area contributed by atoms with E-state index in [0.717, 1.165) is 47.5 Å². The average molecular weight is 641 g/mol. The van der Waals surface area contributed by atoms with E-state index in [4.69, 9.17) is 24.4 Å². The topological polar surface area (TPSA) is 98.8 Å². The molecule has 42 heavy (non-hydrogen) atoms. The Morgan fingerprint density at radius 2 is 1.02 bits per heavy atom. The summed E-state index contributed by atoms with van der Waals surface area (Å²) in [5.41, 5.74) is 2.74. The van der Waals surface area contributed by atoms with E-state index in [2.05, 4.69) is 10.6 Å². The molecule has 0 spiro atoms. The Hall–Kier alpha value is -3.06. The Morgan fingerprint density at radius 1 is 0.690 bits per heavy atom. The summed E-state index contributed by atoms with van der Waals surface area (Å²) in [6, 6.07) is 14.4. The number of anilines is 2. The summed E-state index contributed by atoms with van der Waals surface area (Å²) >= 11 is 13.2. The maximum atomic E-state index is 13.5. The van der Waals surface area contributed by atoms with Crippen LogP contribution in [0.1, 0.15) is 51.7 Å². The molecule has 2 fully saturated rings. The van der Waals surface area contributed by atoms with E-state index in [-0.39, 0.29) is 46.5 Å². The highest BCUT2D eigenvalue weighted by Crippen LogP contribution is 2.44. The molecule has 8 nitrogen and oxygen atoms in total. The zero-order valence-electron chi connectivity index (χ0n) is 23.8. The van der Waals surface area contributed by atoms with Crippen molar-refractivity contribution in [3.8, 4) is 0 Å². The van der Waals surface area contributed by atoms with E-state index in [1.165, 1.54) is 9.80 Å². The SMILES string of the molecule is CC[C@@H](C)NC(=O)Cc1ccc(N2C(=O)/C(=C3\SC(=S)N(c4ccc(CC(=O)N[C@@H](C)CC)cc4)C3=O)SC2=S)cc1. The Kier molecular flexibility index (Phi) is 10.6. The molecule has 2 N–H and O–H groups in total. The first kappa shape index (κ1) is 31.9. The van der Waals surface area contributed by atoms with Gasteiger partial charge in [-0.3, -0.25) is 29.0 Å². The van der Waals surface area contributed by atoms with Crippen LogP contribution in [0.4, 0.5) is 11.4 Å². The second-order valence-corrected chi connectivity index (χ2v) is 13.4. The van der Waals surface area contributed by atoms with Crippen LogP contribution < -0.4 is 20.4 Å². The number of thiocarbonyl (C=S) groups is 2. The van der Waals surface area contributed by atoms with E-state index in [1.807, 2.05) is 27.7 Å². The van der Waals surface area contributed by atoms with Gasteiger partial charge in [-0.1, -0.05) is 86.1 Å². The minimum absolute atomic E-state index is 0.0634. The van der Waals surface area contributed by atoms with Crippen LogP contribution in [0.3, 0.4) is 0 Å². The molecule has 2 aromatic rings. The normalized spacial score (nSPS) is 18.5. The summed E-state index contributed by atoms with van der Waals surface area (Å²) in [5, 5.41) is 5.88. The predicted molar refractivity (Wildman–Crippen MR) is 178 cm³/mol. The lowest BCUT2D eigenvalue weighted by Gasteiger charge is -2.16. The summed E-state index contributed by atoms with van der Waals surface area (Å²) in [7, 11) is 0. The standard InChI is InChI=1S/C30H32N4O4S4/c1-5-17(3)31-23(35)15-19-7-11-21(12-8-19)33-27(37)25(41-29(33)39)26-28(38)34(30(40)42-26)22-13-9-20(10-14-22)16-24(36)32-18(4)6-2/h7-14,17-18H,5-6,15-16H2,1-4H3,(H,31,35)(H,32,36)/b26-25+/t17-,18+. The first-order valence-corrected chi connectivity index (χ1v) is 16.1. The number of rotatable bonds is 10. The molecule has 2 atom stereocenters. The fourth-order valence-corrected chi connectivity index (χ4v) is 6.96. The Labute approximate surface area is 265 Å². The van der Waals surface area contributed by atoms with Gasteiger partial charge >= 0.3 is 0 Å². The third-order valence-electron chi connectivity index (χ3n) is 6.90. The molecule has 2 aromatic carbocycles. The molecule has 0 aliphatic carbocycles. The van der Waals surface area contributed by atoms with Gasteiger partial charge in [0.15, 0.2) is 8.64 Å². The Bertz CT molecular complexity index is 1350. The number of thioether (sulfide) groups is 2. The predicted octanol–water partition coefficient (Wildman–Crippen LogP) is 5.24.